The molecule has 4 heteroatoms. The fourth-order valence-electron chi connectivity index (χ4n) is 2.45. The van der Waals surface area contributed by atoms with Crippen LogP contribution in [0.25, 0.3) is 0 Å². The fraction of sp³-hybridized carbons (Fsp3) is 0.647. The standard InChI is InChI=1S/C17H26BrNO2/c1-4-7-21-17-15(18)9-14(10-16(17)20-3)11-19-12(2)8-13-5-6-13/h9-10,12-13,19H,4-8,11H2,1-3H3. The number of halogens is 1. The third kappa shape index (κ3) is 5.19. The molecule has 0 aliphatic heterocycles. The topological polar surface area (TPSA) is 30.5 Å². The first-order valence-corrected chi connectivity index (χ1v) is 8.66. The smallest absolute Gasteiger partial charge is 0.175 e. The summed E-state index contributed by atoms with van der Waals surface area (Å²) in [6.45, 7) is 5.92. The molecular formula is C17H26BrNO2. The van der Waals surface area contributed by atoms with E-state index >= 15 is 0 Å². The molecule has 1 aliphatic rings. The van der Waals surface area contributed by atoms with Gasteiger partial charge in [0.15, 0.2) is 11.5 Å². The molecular weight excluding hydrogens is 330 g/mol. The van der Waals surface area contributed by atoms with Crippen molar-refractivity contribution in [3.8, 4) is 11.5 Å². The zero-order chi connectivity index (χ0) is 15.2. The van der Waals surface area contributed by atoms with Crippen LogP contribution in [0.2, 0.25) is 0 Å². The Morgan fingerprint density at radius 2 is 2.14 bits per heavy atom. The number of hydrogen-bond donors (Lipinski definition) is 1. The van der Waals surface area contributed by atoms with E-state index in [-0.39, 0.29) is 0 Å². The Bertz CT molecular complexity index is 460. The van der Waals surface area contributed by atoms with E-state index < -0.39 is 0 Å². The molecule has 0 bridgehead atoms. The highest BCUT2D eigenvalue weighted by molar-refractivity contribution is 9.10. The molecule has 1 aromatic rings. The molecule has 0 amide bonds. The molecule has 21 heavy (non-hydrogen) atoms. The maximum Gasteiger partial charge on any atom is 0.175 e. The van der Waals surface area contributed by atoms with Crippen LogP contribution in [0.4, 0.5) is 0 Å². The van der Waals surface area contributed by atoms with Crippen molar-refractivity contribution in [3.63, 3.8) is 0 Å². The van der Waals surface area contributed by atoms with Crippen molar-refractivity contribution in [1.29, 1.82) is 0 Å². The Kier molecular flexibility index (Phi) is 6.37. The number of benzene rings is 1. The van der Waals surface area contributed by atoms with Crippen molar-refractivity contribution in [2.45, 2.75) is 52.1 Å². The Morgan fingerprint density at radius 1 is 1.38 bits per heavy atom. The largest absolute Gasteiger partial charge is 0.493 e. The van der Waals surface area contributed by atoms with Crippen molar-refractivity contribution in [3.05, 3.63) is 22.2 Å². The van der Waals surface area contributed by atoms with E-state index in [4.69, 9.17) is 9.47 Å². The van der Waals surface area contributed by atoms with Gasteiger partial charge in [-0.1, -0.05) is 19.8 Å². The van der Waals surface area contributed by atoms with Crippen LogP contribution in [0.15, 0.2) is 16.6 Å². The summed E-state index contributed by atoms with van der Waals surface area (Å²) in [6, 6.07) is 4.75. The lowest BCUT2D eigenvalue weighted by Gasteiger charge is -2.16. The van der Waals surface area contributed by atoms with Crippen LogP contribution in [0.5, 0.6) is 11.5 Å². The minimum Gasteiger partial charge on any atom is -0.493 e. The summed E-state index contributed by atoms with van der Waals surface area (Å²) in [6.07, 6.45) is 5.09. The van der Waals surface area contributed by atoms with Crippen molar-refractivity contribution in [2.75, 3.05) is 13.7 Å². The molecule has 3 nitrogen and oxygen atoms in total. The van der Waals surface area contributed by atoms with Gasteiger partial charge in [-0.2, -0.15) is 0 Å². The number of hydrogen-bond acceptors (Lipinski definition) is 3. The first-order chi connectivity index (χ1) is 10.1. The minimum atomic E-state index is 0.568. The highest BCUT2D eigenvalue weighted by Gasteiger charge is 2.23. The van der Waals surface area contributed by atoms with Crippen LogP contribution in [0.1, 0.15) is 45.1 Å². The van der Waals surface area contributed by atoms with Gasteiger partial charge >= 0.3 is 0 Å². The van der Waals surface area contributed by atoms with E-state index in [0.717, 1.165) is 34.9 Å². The van der Waals surface area contributed by atoms with Crippen LogP contribution in [0, 0.1) is 5.92 Å². The first kappa shape index (κ1) is 16.6. The van der Waals surface area contributed by atoms with Gasteiger partial charge in [-0.05, 0) is 59.3 Å². The van der Waals surface area contributed by atoms with E-state index in [9.17, 15) is 0 Å². The van der Waals surface area contributed by atoms with Gasteiger partial charge in [-0.15, -0.1) is 0 Å². The third-order valence-electron chi connectivity index (χ3n) is 3.78. The van der Waals surface area contributed by atoms with Gasteiger partial charge in [0.2, 0.25) is 0 Å². The number of nitrogens with one attached hydrogen (secondary N) is 1. The molecule has 118 valence electrons. The molecule has 1 unspecified atom stereocenters. The zero-order valence-corrected chi connectivity index (χ0v) is 14.8. The number of methoxy groups -OCH3 is 1. The monoisotopic (exact) mass is 355 g/mol. The molecule has 0 saturated heterocycles. The average molecular weight is 356 g/mol. The second kappa shape index (κ2) is 8.04. The Morgan fingerprint density at radius 3 is 2.76 bits per heavy atom. The van der Waals surface area contributed by atoms with Gasteiger partial charge in [-0.3, -0.25) is 0 Å². The Balaban J connectivity index is 1.97. The van der Waals surface area contributed by atoms with E-state index in [1.807, 2.05) is 0 Å². The fourth-order valence-corrected chi connectivity index (χ4v) is 3.05. The molecule has 0 spiro atoms. The molecule has 1 saturated carbocycles. The van der Waals surface area contributed by atoms with Gasteiger partial charge in [0.1, 0.15) is 0 Å². The van der Waals surface area contributed by atoms with Gasteiger partial charge in [0, 0.05) is 12.6 Å². The maximum absolute atomic E-state index is 5.76. The summed E-state index contributed by atoms with van der Waals surface area (Å²) in [5.74, 6) is 2.55. The summed E-state index contributed by atoms with van der Waals surface area (Å²) in [7, 11) is 1.69. The second-order valence-corrected chi connectivity index (χ2v) is 6.77. The van der Waals surface area contributed by atoms with Crippen LogP contribution in [-0.4, -0.2) is 19.8 Å². The molecule has 1 aromatic carbocycles. The summed E-state index contributed by atoms with van der Waals surface area (Å²) >= 11 is 3.59. The maximum atomic E-state index is 5.76. The van der Waals surface area contributed by atoms with Gasteiger partial charge < -0.3 is 14.8 Å². The molecule has 0 radical (unpaired) electrons. The summed E-state index contributed by atoms with van der Waals surface area (Å²) in [4.78, 5) is 0. The molecule has 1 N–H and O–H groups in total. The quantitative estimate of drug-likeness (QED) is 0.705. The van der Waals surface area contributed by atoms with Crippen molar-refractivity contribution >= 4 is 15.9 Å². The average Bonchev–Trinajstić information content (AvgIpc) is 3.27. The van der Waals surface area contributed by atoms with E-state index in [2.05, 4.69) is 47.2 Å². The summed E-state index contributed by atoms with van der Waals surface area (Å²) in [5, 5.41) is 3.59. The minimum absolute atomic E-state index is 0.568. The van der Waals surface area contributed by atoms with Gasteiger partial charge in [0.05, 0.1) is 18.2 Å². The highest BCUT2D eigenvalue weighted by atomic mass is 79.9. The molecule has 2 rings (SSSR count). The van der Waals surface area contributed by atoms with E-state index in [1.165, 1.54) is 24.8 Å². The normalized spacial score (nSPS) is 15.8. The third-order valence-corrected chi connectivity index (χ3v) is 4.37. The molecule has 1 atom stereocenters. The van der Waals surface area contributed by atoms with Crippen molar-refractivity contribution in [2.24, 2.45) is 5.92 Å². The summed E-state index contributed by atoms with van der Waals surface area (Å²) < 4.78 is 12.2. The van der Waals surface area contributed by atoms with Crippen LogP contribution in [0.3, 0.4) is 0 Å². The van der Waals surface area contributed by atoms with Gasteiger partial charge in [-0.25, -0.2) is 0 Å². The van der Waals surface area contributed by atoms with Crippen molar-refractivity contribution in [1.82, 2.24) is 5.32 Å². The second-order valence-electron chi connectivity index (χ2n) is 5.92. The van der Waals surface area contributed by atoms with Crippen molar-refractivity contribution < 1.29 is 9.47 Å². The lowest BCUT2D eigenvalue weighted by molar-refractivity contribution is 0.292. The first-order valence-electron chi connectivity index (χ1n) is 7.86. The molecule has 1 aliphatic carbocycles. The Hall–Kier alpha value is -0.740. The predicted molar refractivity (Wildman–Crippen MR) is 90.1 cm³/mol. The zero-order valence-electron chi connectivity index (χ0n) is 13.2. The van der Waals surface area contributed by atoms with E-state index in [1.54, 1.807) is 7.11 Å². The lowest BCUT2D eigenvalue weighted by atomic mass is 10.1. The summed E-state index contributed by atoms with van der Waals surface area (Å²) in [5.41, 5.74) is 1.21. The lowest BCUT2D eigenvalue weighted by Crippen LogP contribution is -2.25. The SMILES string of the molecule is CCCOc1c(Br)cc(CNC(C)CC2CC2)cc1OC. The highest BCUT2D eigenvalue weighted by Crippen LogP contribution is 2.37. The van der Waals surface area contributed by atoms with Crippen LogP contribution in [-0.2, 0) is 6.54 Å². The predicted octanol–water partition coefficient (Wildman–Crippen LogP) is 4.52. The van der Waals surface area contributed by atoms with Gasteiger partial charge in [0.25, 0.3) is 0 Å². The molecule has 0 heterocycles. The van der Waals surface area contributed by atoms with Crippen LogP contribution >= 0.6 is 15.9 Å². The molecule has 0 aromatic heterocycles. The van der Waals surface area contributed by atoms with Crippen LogP contribution < -0.4 is 14.8 Å². The number of ether oxygens (including phenoxy) is 2. The Labute approximate surface area is 136 Å². The van der Waals surface area contributed by atoms with E-state index in [0.29, 0.717) is 12.6 Å². The molecule has 1 fully saturated rings. The number of rotatable bonds is 9.